The van der Waals surface area contributed by atoms with Gasteiger partial charge in [0.15, 0.2) is 0 Å². The van der Waals surface area contributed by atoms with E-state index in [4.69, 9.17) is 0 Å². The van der Waals surface area contributed by atoms with E-state index in [1.54, 1.807) is 0 Å². The molecule has 0 radical (unpaired) electrons. The Kier molecular flexibility index (Phi) is 9.12. The number of rotatable bonds is 12. The summed E-state index contributed by atoms with van der Waals surface area (Å²) in [6.07, 6.45) is 9.70. The van der Waals surface area contributed by atoms with Gasteiger partial charge in [-0.25, -0.2) is 0 Å². The van der Waals surface area contributed by atoms with Crippen LogP contribution in [0.25, 0.3) is 6.08 Å². The molecule has 0 aromatic heterocycles. The van der Waals surface area contributed by atoms with Gasteiger partial charge in [0.25, 0.3) is 10.1 Å². The molecule has 2 aromatic rings. The van der Waals surface area contributed by atoms with Crippen molar-refractivity contribution in [2.75, 3.05) is 0 Å². The molecule has 0 saturated carbocycles. The Hall–Kier alpha value is -1.91. The molecule has 2 rings (SSSR count). The standard InChI is InChI=1S/C25H34O3S/c1-3-5-17-24(29(26,27)28)18-12-20-25(4-2,23-15-10-7-11-16-23)21-19-22-13-8-6-9-14-22/h6-11,13-16,19,21,24H,3-5,12,17-18,20H2,1-2H3,(H,26,27,28). The molecule has 1 N–H and O–H groups in total. The Morgan fingerprint density at radius 3 is 2.07 bits per heavy atom. The maximum atomic E-state index is 11.8. The molecule has 0 spiro atoms. The van der Waals surface area contributed by atoms with Gasteiger partial charge in [0.1, 0.15) is 0 Å². The van der Waals surface area contributed by atoms with E-state index < -0.39 is 15.4 Å². The van der Waals surface area contributed by atoms with Gasteiger partial charge >= 0.3 is 0 Å². The molecule has 0 aliphatic heterocycles. The zero-order chi connectivity index (χ0) is 21.2. The summed E-state index contributed by atoms with van der Waals surface area (Å²) in [6.45, 7) is 4.21. The van der Waals surface area contributed by atoms with Gasteiger partial charge in [0.05, 0.1) is 5.25 Å². The molecule has 2 unspecified atom stereocenters. The predicted octanol–water partition coefficient (Wildman–Crippen LogP) is 6.66. The van der Waals surface area contributed by atoms with Crippen LogP contribution in [0.5, 0.6) is 0 Å². The van der Waals surface area contributed by atoms with Gasteiger partial charge in [-0.15, -0.1) is 0 Å². The van der Waals surface area contributed by atoms with Crippen molar-refractivity contribution in [1.82, 2.24) is 0 Å². The topological polar surface area (TPSA) is 54.4 Å². The van der Waals surface area contributed by atoms with Crippen molar-refractivity contribution in [3.8, 4) is 0 Å². The minimum absolute atomic E-state index is 0.161. The maximum absolute atomic E-state index is 11.8. The normalized spacial score (nSPS) is 15.3. The molecule has 4 heteroatoms. The third kappa shape index (κ3) is 7.13. The van der Waals surface area contributed by atoms with Crippen LogP contribution >= 0.6 is 0 Å². The second kappa shape index (κ2) is 11.3. The fourth-order valence-electron chi connectivity index (χ4n) is 3.93. The molecule has 0 saturated heterocycles. The van der Waals surface area contributed by atoms with Crippen LogP contribution in [-0.2, 0) is 15.5 Å². The van der Waals surface area contributed by atoms with E-state index in [1.165, 1.54) is 5.56 Å². The molecule has 2 aromatic carbocycles. The summed E-state index contributed by atoms with van der Waals surface area (Å²) in [6, 6.07) is 20.7. The first-order valence-electron chi connectivity index (χ1n) is 10.7. The lowest BCUT2D eigenvalue weighted by atomic mass is 9.73. The average molecular weight is 415 g/mol. The highest BCUT2D eigenvalue weighted by Gasteiger charge is 2.29. The van der Waals surface area contributed by atoms with Crippen LogP contribution < -0.4 is 0 Å². The van der Waals surface area contributed by atoms with E-state index in [9.17, 15) is 13.0 Å². The van der Waals surface area contributed by atoms with Gasteiger partial charge in [-0.1, -0.05) is 106 Å². The minimum Gasteiger partial charge on any atom is -0.285 e. The molecule has 158 valence electrons. The van der Waals surface area contributed by atoms with E-state index in [0.717, 1.165) is 37.7 Å². The van der Waals surface area contributed by atoms with Gasteiger partial charge < -0.3 is 0 Å². The van der Waals surface area contributed by atoms with Crippen molar-refractivity contribution < 1.29 is 13.0 Å². The lowest BCUT2D eigenvalue weighted by molar-refractivity contribution is 0.419. The summed E-state index contributed by atoms with van der Waals surface area (Å²) < 4.78 is 33.2. The number of unbranched alkanes of at least 4 members (excludes halogenated alkanes) is 1. The fourth-order valence-corrected chi connectivity index (χ4v) is 4.86. The highest BCUT2D eigenvalue weighted by Crippen LogP contribution is 2.36. The zero-order valence-electron chi connectivity index (χ0n) is 17.6. The van der Waals surface area contributed by atoms with E-state index >= 15 is 0 Å². The lowest BCUT2D eigenvalue weighted by Gasteiger charge is -2.31. The molecule has 0 amide bonds. The largest absolute Gasteiger partial charge is 0.285 e. The molecule has 0 fully saturated rings. The van der Waals surface area contributed by atoms with Crippen molar-refractivity contribution in [3.63, 3.8) is 0 Å². The zero-order valence-corrected chi connectivity index (χ0v) is 18.4. The molecular weight excluding hydrogens is 380 g/mol. The van der Waals surface area contributed by atoms with Crippen LogP contribution in [0.1, 0.15) is 69.9 Å². The van der Waals surface area contributed by atoms with Gasteiger partial charge in [-0.3, -0.25) is 4.55 Å². The third-order valence-corrected chi connectivity index (χ3v) is 7.14. The first-order chi connectivity index (χ1) is 13.9. The van der Waals surface area contributed by atoms with Crippen molar-refractivity contribution >= 4 is 16.2 Å². The molecule has 3 nitrogen and oxygen atoms in total. The molecule has 0 heterocycles. The van der Waals surface area contributed by atoms with E-state index in [-0.39, 0.29) is 5.41 Å². The quantitative estimate of drug-likeness (QED) is 0.395. The second-order valence-corrected chi connectivity index (χ2v) is 9.49. The Morgan fingerprint density at radius 2 is 1.52 bits per heavy atom. The summed E-state index contributed by atoms with van der Waals surface area (Å²) in [5.74, 6) is 0. The number of benzene rings is 2. The average Bonchev–Trinajstić information content (AvgIpc) is 2.73. The Balaban J connectivity index is 2.22. The lowest BCUT2D eigenvalue weighted by Crippen LogP contribution is -2.25. The van der Waals surface area contributed by atoms with Crippen LogP contribution in [0.15, 0.2) is 66.7 Å². The number of hydrogen-bond acceptors (Lipinski definition) is 2. The van der Waals surface area contributed by atoms with Crippen LogP contribution in [0, 0.1) is 0 Å². The van der Waals surface area contributed by atoms with Crippen molar-refractivity contribution in [1.29, 1.82) is 0 Å². The van der Waals surface area contributed by atoms with Crippen molar-refractivity contribution in [2.45, 2.75) is 69.5 Å². The summed E-state index contributed by atoms with van der Waals surface area (Å²) in [4.78, 5) is 0. The summed E-state index contributed by atoms with van der Waals surface area (Å²) >= 11 is 0. The van der Waals surface area contributed by atoms with Crippen LogP contribution in [0.4, 0.5) is 0 Å². The minimum atomic E-state index is -4.00. The molecular formula is C25H34O3S. The second-order valence-electron chi connectivity index (χ2n) is 7.79. The molecule has 0 aliphatic rings. The van der Waals surface area contributed by atoms with Gasteiger partial charge in [0.2, 0.25) is 0 Å². The van der Waals surface area contributed by atoms with Crippen molar-refractivity contribution in [2.24, 2.45) is 0 Å². The van der Waals surface area contributed by atoms with Crippen LogP contribution in [0.2, 0.25) is 0 Å². The number of hydrogen-bond donors (Lipinski definition) is 1. The summed E-state index contributed by atoms with van der Waals surface area (Å²) in [7, 11) is -4.00. The fraction of sp³-hybridized carbons (Fsp3) is 0.440. The van der Waals surface area contributed by atoms with Crippen LogP contribution in [0.3, 0.4) is 0 Å². The van der Waals surface area contributed by atoms with E-state index in [2.05, 4.69) is 55.5 Å². The monoisotopic (exact) mass is 414 g/mol. The number of allylic oxidation sites excluding steroid dienone is 1. The Morgan fingerprint density at radius 1 is 0.931 bits per heavy atom. The SMILES string of the molecule is CCCCC(CCCC(C=Cc1ccccc1)(CC)c1ccccc1)S(=O)(=O)O. The third-order valence-electron chi connectivity index (χ3n) is 5.82. The molecule has 2 atom stereocenters. The molecule has 0 bridgehead atoms. The van der Waals surface area contributed by atoms with Gasteiger partial charge in [-0.05, 0) is 36.8 Å². The first-order valence-corrected chi connectivity index (χ1v) is 12.2. The Bertz CT molecular complexity index is 844. The maximum Gasteiger partial charge on any atom is 0.267 e. The smallest absolute Gasteiger partial charge is 0.267 e. The van der Waals surface area contributed by atoms with Gasteiger partial charge in [-0.2, -0.15) is 8.42 Å². The van der Waals surface area contributed by atoms with E-state index in [0.29, 0.717) is 12.8 Å². The summed E-state index contributed by atoms with van der Waals surface area (Å²) in [5, 5.41) is -0.661. The molecule has 29 heavy (non-hydrogen) atoms. The van der Waals surface area contributed by atoms with Gasteiger partial charge in [0, 0.05) is 5.41 Å². The highest BCUT2D eigenvalue weighted by molar-refractivity contribution is 7.86. The molecule has 0 aliphatic carbocycles. The highest BCUT2D eigenvalue weighted by atomic mass is 32.2. The van der Waals surface area contributed by atoms with Crippen molar-refractivity contribution in [3.05, 3.63) is 77.9 Å². The Labute approximate surface area is 176 Å². The first kappa shape index (κ1) is 23.4. The van der Waals surface area contributed by atoms with E-state index in [1.807, 2.05) is 31.2 Å². The summed E-state index contributed by atoms with van der Waals surface area (Å²) in [5.41, 5.74) is 2.23. The van der Waals surface area contributed by atoms with Crippen LogP contribution in [-0.4, -0.2) is 18.2 Å². The predicted molar refractivity (Wildman–Crippen MR) is 123 cm³/mol.